The molecule has 0 aliphatic carbocycles. The summed E-state index contributed by atoms with van der Waals surface area (Å²) in [6.45, 7) is 4.87. The lowest BCUT2D eigenvalue weighted by Gasteiger charge is -2.34. The van der Waals surface area contributed by atoms with E-state index in [0.717, 1.165) is 13.1 Å². The summed E-state index contributed by atoms with van der Waals surface area (Å²) in [5.41, 5.74) is 0. The molecule has 104 valence electrons. The molecule has 0 aromatic heterocycles. The van der Waals surface area contributed by atoms with Crippen LogP contribution in [-0.2, 0) is 9.59 Å². The van der Waals surface area contributed by atoms with Crippen LogP contribution in [0.1, 0.15) is 19.8 Å². The zero-order chi connectivity index (χ0) is 13.5. The highest BCUT2D eigenvalue weighted by Crippen LogP contribution is 2.06. The van der Waals surface area contributed by atoms with Crippen molar-refractivity contribution < 1.29 is 14.7 Å². The van der Waals surface area contributed by atoms with Crippen molar-refractivity contribution in [3.8, 4) is 0 Å². The molecule has 1 heterocycles. The lowest BCUT2D eigenvalue weighted by Crippen LogP contribution is -2.50. The molecule has 0 saturated carbocycles. The van der Waals surface area contributed by atoms with Gasteiger partial charge in [0.05, 0.1) is 12.6 Å². The third kappa shape index (κ3) is 5.01. The molecular weight excluding hydrogens is 234 g/mol. The van der Waals surface area contributed by atoms with Gasteiger partial charge in [0.15, 0.2) is 0 Å². The Morgan fingerprint density at radius 3 is 2.39 bits per heavy atom. The Morgan fingerprint density at radius 2 is 1.89 bits per heavy atom. The van der Waals surface area contributed by atoms with Gasteiger partial charge in [-0.1, -0.05) is 0 Å². The van der Waals surface area contributed by atoms with Gasteiger partial charge in [0.2, 0.25) is 11.8 Å². The van der Waals surface area contributed by atoms with Gasteiger partial charge in [-0.25, -0.2) is 0 Å². The van der Waals surface area contributed by atoms with Crippen LogP contribution in [0.5, 0.6) is 0 Å². The summed E-state index contributed by atoms with van der Waals surface area (Å²) < 4.78 is 0. The van der Waals surface area contributed by atoms with E-state index in [0.29, 0.717) is 32.5 Å². The molecule has 6 heteroatoms. The predicted molar refractivity (Wildman–Crippen MR) is 68.0 cm³/mol. The van der Waals surface area contributed by atoms with E-state index in [2.05, 4.69) is 5.32 Å². The summed E-state index contributed by atoms with van der Waals surface area (Å²) >= 11 is 0. The number of piperazine rings is 1. The van der Waals surface area contributed by atoms with E-state index >= 15 is 0 Å². The summed E-state index contributed by atoms with van der Waals surface area (Å²) in [5.74, 6) is 0.0966. The molecule has 6 nitrogen and oxygen atoms in total. The molecule has 2 amide bonds. The number of hydrogen-bond acceptors (Lipinski definition) is 4. The monoisotopic (exact) mass is 257 g/mol. The van der Waals surface area contributed by atoms with Gasteiger partial charge in [0, 0.05) is 39.6 Å². The molecule has 18 heavy (non-hydrogen) atoms. The molecular formula is C12H23N3O3. The van der Waals surface area contributed by atoms with E-state index in [1.165, 1.54) is 0 Å². The highest BCUT2D eigenvalue weighted by molar-refractivity contribution is 5.78. The molecule has 1 saturated heterocycles. The molecule has 1 aliphatic heterocycles. The first-order valence-corrected chi connectivity index (χ1v) is 6.41. The number of amides is 2. The van der Waals surface area contributed by atoms with Crippen LogP contribution in [0.25, 0.3) is 0 Å². The highest BCUT2D eigenvalue weighted by atomic mass is 16.3. The minimum absolute atomic E-state index is 0.00359. The molecule has 0 bridgehead atoms. The fourth-order valence-electron chi connectivity index (χ4n) is 1.93. The number of aliphatic hydroxyl groups is 1. The van der Waals surface area contributed by atoms with Gasteiger partial charge in [0.25, 0.3) is 0 Å². The van der Waals surface area contributed by atoms with E-state index in [9.17, 15) is 9.59 Å². The second kappa shape index (κ2) is 7.33. The van der Waals surface area contributed by atoms with Crippen molar-refractivity contribution in [2.75, 3.05) is 39.8 Å². The van der Waals surface area contributed by atoms with Crippen LogP contribution in [0.4, 0.5) is 0 Å². The molecule has 0 aromatic rings. The van der Waals surface area contributed by atoms with Gasteiger partial charge in [-0.15, -0.1) is 0 Å². The zero-order valence-electron chi connectivity index (χ0n) is 11.2. The number of rotatable bonds is 5. The van der Waals surface area contributed by atoms with Crippen LogP contribution in [0.2, 0.25) is 0 Å². The normalized spacial score (nSPS) is 18.5. The number of likely N-dealkylation sites (N-methyl/N-ethyl adjacent to an activating group) is 1. The summed E-state index contributed by atoms with van der Waals surface area (Å²) in [6, 6.07) is 0. The van der Waals surface area contributed by atoms with Gasteiger partial charge >= 0.3 is 0 Å². The van der Waals surface area contributed by atoms with E-state index in [1.54, 1.807) is 14.0 Å². The van der Waals surface area contributed by atoms with Crippen molar-refractivity contribution in [3.05, 3.63) is 0 Å². The third-order valence-corrected chi connectivity index (χ3v) is 3.15. The van der Waals surface area contributed by atoms with Crippen LogP contribution in [0.3, 0.4) is 0 Å². The van der Waals surface area contributed by atoms with Gasteiger partial charge in [0.1, 0.15) is 0 Å². The van der Waals surface area contributed by atoms with Crippen molar-refractivity contribution in [1.29, 1.82) is 0 Å². The molecule has 0 aromatic carbocycles. The Bertz CT molecular complexity index is 286. The van der Waals surface area contributed by atoms with Gasteiger partial charge in [-0.3, -0.25) is 14.5 Å². The van der Waals surface area contributed by atoms with Gasteiger partial charge in [-0.05, 0) is 13.3 Å². The van der Waals surface area contributed by atoms with Crippen molar-refractivity contribution in [1.82, 2.24) is 15.1 Å². The number of nitrogens with one attached hydrogen (secondary N) is 1. The number of nitrogens with zero attached hydrogens (tertiary/aromatic N) is 2. The summed E-state index contributed by atoms with van der Waals surface area (Å²) in [6.07, 6.45) is 0.480. The van der Waals surface area contributed by atoms with Crippen LogP contribution < -0.4 is 5.32 Å². The SMILES string of the molecule is CNC(=O)CN1CCN(C(=O)CCC(C)O)CC1. The average molecular weight is 257 g/mol. The minimum Gasteiger partial charge on any atom is -0.393 e. The minimum atomic E-state index is -0.427. The standard InChI is InChI=1S/C12H23N3O3/c1-10(16)3-4-12(18)15-7-5-14(6-8-15)9-11(17)13-2/h10,16H,3-9H2,1-2H3,(H,13,17). The average Bonchev–Trinajstić information content (AvgIpc) is 2.36. The van der Waals surface area contributed by atoms with E-state index in [-0.39, 0.29) is 11.8 Å². The summed E-state index contributed by atoms with van der Waals surface area (Å²) in [7, 11) is 1.62. The summed E-state index contributed by atoms with van der Waals surface area (Å²) in [5, 5.41) is 11.7. The molecule has 2 N–H and O–H groups in total. The summed E-state index contributed by atoms with van der Waals surface area (Å²) in [4.78, 5) is 26.9. The van der Waals surface area contributed by atoms with E-state index < -0.39 is 6.10 Å². The van der Waals surface area contributed by atoms with E-state index in [1.807, 2.05) is 9.80 Å². The first-order chi connectivity index (χ1) is 8.52. The fraction of sp³-hybridized carbons (Fsp3) is 0.833. The first kappa shape index (κ1) is 14.9. The number of carbonyl (C=O) groups excluding carboxylic acids is 2. The Labute approximate surface area is 108 Å². The van der Waals surface area contributed by atoms with Crippen molar-refractivity contribution in [2.24, 2.45) is 0 Å². The van der Waals surface area contributed by atoms with E-state index in [4.69, 9.17) is 5.11 Å². The Morgan fingerprint density at radius 1 is 1.28 bits per heavy atom. The second-order valence-electron chi connectivity index (χ2n) is 4.72. The van der Waals surface area contributed by atoms with Crippen LogP contribution >= 0.6 is 0 Å². The third-order valence-electron chi connectivity index (χ3n) is 3.15. The van der Waals surface area contributed by atoms with Gasteiger partial charge < -0.3 is 15.3 Å². The maximum absolute atomic E-state index is 11.8. The topological polar surface area (TPSA) is 72.9 Å². The Hall–Kier alpha value is -1.14. The van der Waals surface area contributed by atoms with Crippen molar-refractivity contribution in [2.45, 2.75) is 25.9 Å². The Balaban J connectivity index is 2.26. The Kier molecular flexibility index (Phi) is 6.07. The first-order valence-electron chi connectivity index (χ1n) is 6.41. The lowest BCUT2D eigenvalue weighted by molar-refractivity contribution is -0.133. The van der Waals surface area contributed by atoms with Crippen LogP contribution in [0.15, 0.2) is 0 Å². The smallest absolute Gasteiger partial charge is 0.233 e. The van der Waals surface area contributed by atoms with Gasteiger partial charge in [-0.2, -0.15) is 0 Å². The highest BCUT2D eigenvalue weighted by Gasteiger charge is 2.21. The molecule has 1 aliphatic rings. The molecule has 0 spiro atoms. The van der Waals surface area contributed by atoms with Crippen LogP contribution in [0, 0.1) is 0 Å². The molecule has 1 rings (SSSR count). The maximum atomic E-state index is 11.8. The zero-order valence-corrected chi connectivity index (χ0v) is 11.2. The molecule has 1 atom stereocenters. The lowest BCUT2D eigenvalue weighted by atomic mass is 10.2. The molecule has 1 fully saturated rings. The predicted octanol–water partition coefficient (Wildman–Crippen LogP) is -0.962. The number of aliphatic hydroxyl groups excluding tert-OH is 1. The number of carbonyl (C=O) groups is 2. The largest absolute Gasteiger partial charge is 0.393 e. The maximum Gasteiger partial charge on any atom is 0.233 e. The second-order valence-corrected chi connectivity index (χ2v) is 4.72. The fourth-order valence-corrected chi connectivity index (χ4v) is 1.93. The van der Waals surface area contributed by atoms with Crippen LogP contribution in [-0.4, -0.2) is 72.6 Å². The molecule has 1 unspecified atom stereocenters. The van der Waals surface area contributed by atoms with Crippen molar-refractivity contribution in [3.63, 3.8) is 0 Å². The molecule has 0 radical (unpaired) electrons. The quantitative estimate of drug-likeness (QED) is 0.665. The number of hydrogen-bond donors (Lipinski definition) is 2. The van der Waals surface area contributed by atoms with Crippen molar-refractivity contribution >= 4 is 11.8 Å².